The van der Waals surface area contributed by atoms with Crippen molar-refractivity contribution in [2.45, 2.75) is 17.7 Å². The number of hydrogen-bond donors (Lipinski definition) is 1. The molecular weight excluding hydrogens is 372 g/mol. The molecular formula is C22H28N2O3S. The highest BCUT2D eigenvalue weighted by Gasteiger charge is 2.10. The lowest BCUT2D eigenvalue weighted by Gasteiger charge is -2.26. The minimum Gasteiger partial charge on any atom is -0.497 e. The van der Waals surface area contributed by atoms with Gasteiger partial charge in [-0.1, -0.05) is 12.1 Å². The van der Waals surface area contributed by atoms with E-state index in [9.17, 15) is 4.79 Å². The SMILES string of the molecule is COc1ccc(SCCC(=O)Nc2ccc(CCN3CCOCC3)cc2)cc1. The van der Waals surface area contributed by atoms with E-state index < -0.39 is 0 Å². The van der Waals surface area contributed by atoms with Gasteiger partial charge in [-0.25, -0.2) is 0 Å². The summed E-state index contributed by atoms with van der Waals surface area (Å²) in [5.74, 6) is 1.63. The highest BCUT2D eigenvalue weighted by molar-refractivity contribution is 7.99. The smallest absolute Gasteiger partial charge is 0.225 e. The standard InChI is InChI=1S/C22H28N2O3S/c1-26-20-6-8-21(9-7-20)28-17-11-22(25)23-19-4-2-18(3-5-19)10-12-24-13-15-27-16-14-24/h2-9H,10-17H2,1H3,(H,23,25). The molecule has 6 heteroatoms. The molecule has 2 aromatic rings. The molecule has 5 nitrogen and oxygen atoms in total. The van der Waals surface area contributed by atoms with Gasteiger partial charge in [0, 0.05) is 42.4 Å². The van der Waals surface area contributed by atoms with Gasteiger partial charge in [0.25, 0.3) is 0 Å². The number of anilines is 1. The molecule has 1 N–H and O–H groups in total. The molecule has 1 aliphatic heterocycles. The van der Waals surface area contributed by atoms with Crippen LogP contribution in [0.15, 0.2) is 53.4 Å². The van der Waals surface area contributed by atoms with Crippen LogP contribution in [0.3, 0.4) is 0 Å². The largest absolute Gasteiger partial charge is 0.497 e. The van der Waals surface area contributed by atoms with E-state index in [2.05, 4.69) is 22.3 Å². The monoisotopic (exact) mass is 400 g/mol. The number of ether oxygens (including phenoxy) is 2. The number of amides is 1. The quantitative estimate of drug-likeness (QED) is 0.651. The van der Waals surface area contributed by atoms with Gasteiger partial charge in [-0.2, -0.15) is 0 Å². The minimum absolute atomic E-state index is 0.0436. The van der Waals surface area contributed by atoms with Crippen LogP contribution < -0.4 is 10.1 Å². The zero-order valence-corrected chi connectivity index (χ0v) is 17.2. The fourth-order valence-corrected chi connectivity index (χ4v) is 3.88. The van der Waals surface area contributed by atoms with Crippen molar-refractivity contribution in [3.8, 4) is 5.75 Å². The molecule has 2 aromatic carbocycles. The Morgan fingerprint density at radius 2 is 1.82 bits per heavy atom. The van der Waals surface area contributed by atoms with Crippen molar-refractivity contribution in [1.29, 1.82) is 0 Å². The summed E-state index contributed by atoms with van der Waals surface area (Å²) in [4.78, 5) is 15.7. The van der Waals surface area contributed by atoms with E-state index in [-0.39, 0.29) is 5.91 Å². The van der Waals surface area contributed by atoms with E-state index in [4.69, 9.17) is 9.47 Å². The molecule has 1 heterocycles. The summed E-state index contributed by atoms with van der Waals surface area (Å²) in [6.07, 6.45) is 1.50. The lowest BCUT2D eigenvalue weighted by molar-refractivity contribution is -0.115. The first-order valence-corrected chi connectivity index (χ1v) is 10.7. The van der Waals surface area contributed by atoms with Crippen LogP contribution in [0.5, 0.6) is 5.75 Å². The molecule has 0 spiro atoms. The zero-order valence-electron chi connectivity index (χ0n) is 16.4. The number of morpholine rings is 1. The molecule has 0 radical (unpaired) electrons. The van der Waals surface area contributed by atoms with Crippen molar-refractivity contribution in [3.05, 3.63) is 54.1 Å². The van der Waals surface area contributed by atoms with Crippen LogP contribution in [0.2, 0.25) is 0 Å². The average Bonchev–Trinajstić information content (AvgIpc) is 2.74. The van der Waals surface area contributed by atoms with Crippen molar-refractivity contribution in [3.63, 3.8) is 0 Å². The molecule has 0 aromatic heterocycles. The number of thioether (sulfide) groups is 1. The summed E-state index contributed by atoms with van der Waals surface area (Å²) >= 11 is 1.67. The maximum absolute atomic E-state index is 12.2. The Morgan fingerprint density at radius 3 is 2.50 bits per heavy atom. The van der Waals surface area contributed by atoms with Crippen molar-refractivity contribution in [2.24, 2.45) is 0 Å². The first-order valence-electron chi connectivity index (χ1n) is 9.69. The number of nitrogens with zero attached hydrogens (tertiary/aromatic N) is 1. The lowest BCUT2D eigenvalue weighted by atomic mass is 10.1. The van der Waals surface area contributed by atoms with Crippen LogP contribution >= 0.6 is 11.8 Å². The van der Waals surface area contributed by atoms with Gasteiger partial charge in [0.05, 0.1) is 20.3 Å². The second-order valence-corrected chi connectivity index (χ2v) is 7.89. The van der Waals surface area contributed by atoms with Gasteiger partial charge in [-0.05, 0) is 48.4 Å². The second kappa shape index (κ2) is 11.1. The van der Waals surface area contributed by atoms with Crippen molar-refractivity contribution < 1.29 is 14.3 Å². The summed E-state index contributed by atoms with van der Waals surface area (Å²) in [7, 11) is 1.66. The molecule has 150 valence electrons. The summed E-state index contributed by atoms with van der Waals surface area (Å²) < 4.78 is 10.5. The molecule has 0 unspecified atom stereocenters. The molecule has 0 aliphatic carbocycles. The van der Waals surface area contributed by atoms with Crippen molar-refractivity contribution in [2.75, 3.05) is 51.0 Å². The molecule has 0 atom stereocenters. The number of carbonyl (C=O) groups is 1. The molecule has 28 heavy (non-hydrogen) atoms. The van der Waals surface area contributed by atoms with Gasteiger partial charge in [0.15, 0.2) is 0 Å². The van der Waals surface area contributed by atoms with Crippen molar-refractivity contribution in [1.82, 2.24) is 4.90 Å². The Hall–Kier alpha value is -2.02. The molecule has 0 saturated carbocycles. The fraction of sp³-hybridized carbons (Fsp3) is 0.409. The molecule has 1 fully saturated rings. The number of rotatable bonds is 9. The maximum Gasteiger partial charge on any atom is 0.225 e. The number of methoxy groups -OCH3 is 1. The van der Waals surface area contributed by atoms with E-state index >= 15 is 0 Å². The van der Waals surface area contributed by atoms with E-state index in [0.29, 0.717) is 6.42 Å². The van der Waals surface area contributed by atoms with Crippen LogP contribution in [0.4, 0.5) is 5.69 Å². The second-order valence-electron chi connectivity index (χ2n) is 6.72. The first kappa shape index (κ1) is 20.7. The van der Waals surface area contributed by atoms with E-state index in [1.165, 1.54) is 5.56 Å². The van der Waals surface area contributed by atoms with Gasteiger partial charge in [0.1, 0.15) is 5.75 Å². The predicted octanol–water partition coefficient (Wildman–Crippen LogP) is 3.69. The Labute approximate surface area is 171 Å². The van der Waals surface area contributed by atoms with Crippen LogP contribution in [0, 0.1) is 0 Å². The lowest BCUT2D eigenvalue weighted by Crippen LogP contribution is -2.37. The predicted molar refractivity (Wildman–Crippen MR) is 114 cm³/mol. The fourth-order valence-electron chi connectivity index (χ4n) is 3.02. The van der Waals surface area contributed by atoms with Gasteiger partial charge >= 0.3 is 0 Å². The molecule has 0 bridgehead atoms. The van der Waals surface area contributed by atoms with E-state index in [0.717, 1.165) is 61.4 Å². The third-order valence-corrected chi connectivity index (χ3v) is 5.73. The van der Waals surface area contributed by atoms with Gasteiger partial charge in [-0.15, -0.1) is 11.8 Å². The van der Waals surface area contributed by atoms with Crippen LogP contribution in [0.1, 0.15) is 12.0 Å². The third-order valence-electron chi connectivity index (χ3n) is 4.72. The van der Waals surface area contributed by atoms with Crippen LogP contribution in [0.25, 0.3) is 0 Å². The Balaban J connectivity index is 1.36. The molecule has 1 amide bonds. The Morgan fingerprint density at radius 1 is 1.11 bits per heavy atom. The topological polar surface area (TPSA) is 50.8 Å². The van der Waals surface area contributed by atoms with Crippen molar-refractivity contribution >= 4 is 23.4 Å². The third kappa shape index (κ3) is 6.86. The Kier molecular flexibility index (Phi) is 8.21. The number of benzene rings is 2. The van der Waals surface area contributed by atoms with Gasteiger partial charge in [0.2, 0.25) is 5.91 Å². The normalized spacial score (nSPS) is 14.6. The maximum atomic E-state index is 12.2. The summed E-state index contributed by atoms with van der Waals surface area (Å²) in [5.41, 5.74) is 2.15. The van der Waals surface area contributed by atoms with Gasteiger partial charge < -0.3 is 14.8 Å². The summed E-state index contributed by atoms with van der Waals surface area (Å²) in [6, 6.07) is 16.1. The molecule has 1 saturated heterocycles. The minimum atomic E-state index is 0.0436. The molecule has 1 aliphatic rings. The van der Waals surface area contributed by atoms with E-state index in [1.807, 2.05) is 36.4 Å². The zero-order chi connectivity index (χ0) is 19.6. The van der Waals surface area contributed by atoms with Crippen LogP contribution in [-0.4, -0.2) is 56.5 Å². The number of nitrogens with one attached hydrogen (secondary N) is 1. The Bertz CT molecular complexity index is 728. The highest BCUT2D eigenvalue weighted by atomic mass is 32.2. The van der Waals surface area contributed by atoms with E-state index in [1.54, 1.807) is 18.9 Å². The summed E-state index contributed by atoms with van der Waals surface area (Å²) in [5, 5.41) is 2.98. The number of hydrogen-bond acceptors (Lipinski definition) is 5. The summed E-state index contributed by atoms with van der Waals surface area (Å²) in [6.45, 7) is 4.76. The van der Waals surface area contributed by atoms with Gasteiger partial charge in [-0.3, -0.25) is 9.69 Å². The number of carbonyl (C=O) groups excluding carboxylic acids is 1. The highest BCUT2D eigenvalue weighted by Crippen LogP contribution is 2.22. The average molecular weight is 401 g/mol. The first-order chi connectivity index (χ1) is 13.7. The molecule has 3 rings (SSSR count). The van der Waals surface area contributed by atoms with Crippen LogP contribution in [-0.2, 0) is 16.0 Å².